The van der Waals surface area contributed by atoms with Crippen molar-refractivity contribution < 1.29 is 0 Å². The van der Waals surface area contributed by atoms with Crippen molar-refractivity contribution in [3.8, 4) is 44.5 Å². The molecule has 9 rings (SSSR count). The summed E-state index contributed by atoms with van der Waals surface area (Å²) < 4.78 is 0. The molecule has 8 aromatic rings. The van der Waals surface area contributed by atoms with E-state index in [1.807, 2.05) is 0 Å². The van der Waals surface area contributed by atoms with Crippen LogP contribution in [-0.2, 0) is 6.42 Å². The van der Waals surface area contributed by atoms with E-state index < -0.39 is 0 Å². The van der Waals surface area contributed by atoms with Crippen molar-refractivity contribution in [1.82, 2.24) is 0 Å². The lowest BCUT2D eigenvalue weighted by atomic mass is 9.93. The Labute approximate surface area is 282 Å². The summed E-state index contributed by atoms with van der Waals surface area (Å²) in [6, 6.07) is 68.3. The highest BCUT2D eigenvalue weighted by atomic mass is 15.1. The second-order valence-electron chi connectivity index (χ2n) is 12.5. The maximum absolute atomic E-state index is 2.39. The zero-order chi connectivity index (χ0) is 31.9. The van der Waals surface area contributed by atoms with E-state index in [2.05, 4.69) is 193 Å². The number of nitrogens with zero attached hydrogens (tertiary/aromatic N) is 1. The van der Waals surface area contributed by atoms with Crippen LogP contribution in [0.1, 0.15) is 11.1 Å². The number of rotatable bonds is 6. The van der Waals surface area contributed by atoms with Gasteiger partial charge in [-0.25, -0.2) is 0 Å². The van der Waals surface area contributed by atoms with Gasteiger partial charge in [0.1, 0.15) is 0 Å². The molecule has 0 radical (unpaired) electrons. The molecule has 0 bridgehead atoms. The Morgan fingerprint density at radius 3 is 1.40 bits per heavy atom. The van der Waals surface area contributed by atoms with Gasteiger partial charge in [-0.2, -0.15) is 0 Å². The Hall–Kier alpha value is -6.18. The molecule has 0 aliphatic heterocycles. The quantitative estimate of drug-likeness (QED) is 0.181. The molecule has 0 N–H and O–H groups in total. The van der Waals surface area contributed by atoms with Gasteiger partial charge >= 0.3 is 0 Å². The third-order valence-corrected chi connectivity index (χ3v) is 9.71. The van der Waals surface area contributed by atoms with Crippen molar-refractivity contribution in [3.63, 3.8) is 0 Å². The summed E-state index contributed by atoms with van der Waals surface area (Å²) in [5.41, 5.74) is 16.3. The normalized spacial score (nSPS) is 11.7. The number of anilines is 3. The first kappa shape index (κ1) is 28.1. The molecule has 0 amide bonds. The third-order valence-electron chi connectivity index (χ3n) is 9.71. The van der Waals surface area contributed by atoms with Gasteiger partial charge in [-0.3, -0.25) is 0 Å². The molecule has 226 valence electrons. The van der Waals surface area contributed by atoms with Crippen LogP contribution in [0.5, 0.6) is 0 Å². The van der Waals surface area contributed by atoms with E-state index in [0.29, 0.717) is 0 Å². The maximum atomic E-state index is 2.39. The van der Waals surface area contributed by atoms with Crippen molar-refractivity contribution in [1.29, 1.82) is 0 Å². The molecule has 0 saturated heterocycles. The van der Waals surface area contributed by atoms with Gasteiger partial charge in [0.25, 0.3) is 0 Å². The van der Waals surface area contributed by atoms with E-state index in [1.54, 1.807) is 0 Å². The van der Waals surface area contributed by atoms with Gasteiger partial charge in [0.15, 0.2) is 0 Å². The van der Waals surface area contributed by atoms with Crippen LogP contribution in [0.2, 0.25) is 0 Å². The molecule has 1 aliphatic carbocycles. The van der Waals surface area contributed by atoms with Gasteiger partial charge in [-0.05, 0) is 109 Å². The molecule has 0 aromatic heterocycles. The molecule has 0 spiro atoms. The minimum absolute atomic E-state index is 0.963. The van der Waals surface area contributed by atoms with Crippen molar-refractivity contribution in [3.05, 3.63) is 199 Å². The van der Waals surface area contributed by atoms with E-state index in [-0.39, 0.29) is 0 Å². The monoisotopic (exact) mass is 611 g/mol. The average molecular weight is 612 g/mol. The first-order valence-electron chi connectivity index (χ1n) is 16.6. The molecule has 0 saturated carbocycles. The average Bonchev–Trinajstić information content (AvgIpc) is 3.54. The van der Waals surface area contributed by atoms with Crippen LogP contribution >= 0.6 is 0 Å². The fourth-order valence-electron chi connectivity index (χ4n) is 7.37. The highest BCUT2D eigenvalue weighted by Crippen LogP contribution is 2.43. The summed E-state index contributed by atoms with van der Waals surface area (Å²) >= 11 is 0. The highest BCUT2D eigenvalue weighted by Gasteiger charge is 2.21. The maximum Gasteiger partial charge on any atom is 0.0464 e. The molecule has 0 fully saturated rings. The summed E-state index contributed by atoms with van der Waals surface area (Å²) in [7, 11) is 0. The van der Waals surface area contributed by atoms with E-state index in [4.69, 9.17) is 0 Å². The molecule has 1 aliphatic rings. The molecule has 0 atom stereocenters. The summed E-state index contributed by atoms with van der Waals surface area (Å²) in [5, 5.41) is 2.53. The second-order valence-corrected chi connectivity index (χ2v) is 12.5. The molecule has 8 aromatic carbocycles. The van der Waals surface area contributed by atoms with Crippen molar-refractivity contribution in [2.24, 2.45) is 0 Å². The first-order valence-corrected chi connectivity index (χ1v) is 16.6. The number of hydrogen-bond acceptors (Lipinski definition) is 1. The second kappa shape index (κ2) is 11.9. The standard InChI is InChI=1S/C47H33N/c1-3-11-33(12-4-1)34-21-25-39(26-22-34)48(41-29-30-45-38(32-41)31-37-15-7-8-16-44(37)45)40-27-23-36(24-28-40)43-18-10-19-46-42(17-9-20-47(43)46)35-13-5-2-6-14-35/h1-30,32H,31H2. The van der Waals surface area contributed by atoms with E-state index in [9.17, 15) is 0 Å². The predicted molar refractivity (Wildman–Crippen MR) is 203 cm³/mol. The third kappa shape index (κ3) is 4.98. The van der Waals surface area contributed by atoms with E-state index in [1.165, 1.54) is 72.1 Å². The van der Waals surface area contributed by atoms with Gasteiger partial charge in [-0.1, -0.05) is 152 Å². The van der Waals surface area contributed by atoms with Crippen molar-refractivity contribution >= 4 is 27.8 Å². The summed E-state index contributed by atoms with van der Waals surface area (Å²) in [4.78, 5) is 2.39. The lowest BCUT2D eigenvalue weighted by molar-refractivity contribution is 1.23. The fraction of sp³-hybridized carbons (Fsp3) is 0.0213. The van der Waals surface area contributed by atoms with Crippen LogP contribution in [0.15, 0.2) is 188 Å². The van der Waals surface area contributed by atoms with Crippen LogP contribution < -0.4 is 4.90 Å². The number of hydrogen-bond donors (Lipinski definition) is 0. The summed E-state index contributed by atoms with van der Waals surface area (Å²) in [6.45, 7) is 0. The van der Waals surface area contributed by atoms with E-state index >= 15 is 0 Å². The molecular formula is C47H33N. The summed E-state index contributed by atoms with van der Waals surface area (Å²) in [6.07, 6.45) is 0.963. The minimum atomic E-state index is 0.963. The van der Waals surface area contributed by atoms with Gasteiger partial charge in [0.05, 0.1) is 0 Å². The summed E-state index contributed by atoms with van der Waals surface area (Å²) in [5.74, 6) is 0. The SMILES string of the molecule is c1ccc(-c2ccc(N(c3ccc(-c4cccc5c(-c6ccccc6)cccc45)cc3)c3ccc4c(c3)Cc3ccccc3-4)cc2)cc1. The van der Waals surface area contributed by atoms with Crippen molar-refractivity contribution in [2.45, 2.75) is 6.42 Å². The fourth-order valence-corrected chi connectivity index (χ4v) is 7.37. The zero-order valence-electron chi connectivity index (χ0n) is 26.6. The number of fused-ring (bicyclic) bond motifs is 4. The Morgan fingerprint density at radius 1 is 0.292 bits per heavy atom. The largest absolute Gasteiger partial charge is 0.310 e. The molecule has 0 unspecified atom stereocenters. The Kier molecular flexibility index (Phi) is 6.95. The smallest absolute Gasteiger partial charge is 0.0464 e. The Balaban J connectivity index is 1.12. The highest BCUT2D eigenvalue weighted by molar-refractivity contribution is 6.04. The zero-order valence-corrected chi connectivity index (χ0v) is 26.6. The Bertz CT molecular complexity index is 2390. The predicted octanol–water partition coefficient (Wildman–Crippen LogP) is 12.9. The van der Waals surface area contributed by atoms with Crippen LogP contribution in [-0.4, -0.2) is 0 Å². The molecular weight excluding hydrogens is 579 g/mol. The van der Waals surface area contributed by atoms with Gasteiger partial charge in [0.2, 0.25) is 0 Å². The lowest BCUT2D eigenvalue weighted by Crippen LogP contribution is -2.10. The Morgan fingerprint density at radius 2 is 0.750 bits per heavy atom. The van der Waals surface area contributed by atoms with Crippen LogP contribution in [0, 0.1) is 0 Å². The van der Waals surface area contributed by atoms with Gasteiger partial charge in [-0.15, -0.1) is 0 Å². The van der Waals surface area contributed by atoms with Crippen LogP contribution in [0.3, 0.4) is 0 Å². The molecule has 1 heteroatoms. The van der Waals surface area contributed by atoms with Crippen LogP contribution in [0.4, 0.5) is 17.1 Å². The minimum Gasteiger partial charge on any atom is -0.310 e. The van der Waals surface area contributed by atoms with Gasteiger partial charge < -0.3 is 4.90 Å². The first-order chi connectivity index (χ1) is 23.8. The topological polar surface area (TPSA) is 3.24 Å². The molecule has 1 nitrogen and oxygen atoms in total. The molecule has 0 heterocycles. The lowest BCUT2D eigenvalue weighted by Gasteiger charge is -2.26. The van der Waals surface area contributed by atoms with E-state index in [0.717, 1.165) is 17.8 Å². The van der Waals surface area contributed by atoms with Crippen LogP contribution in [0.25, 0.3) is 55.3 Å². The molecule has 48 heavy (non-hydrogen) atoms. The van der Waals surface area contributed by atoms with Gasteiger partial charge in [0, 0.05) is 17.1 Å². The number of benzene rings is 8. The van der Waals surface area contributed by atoms with Crippen molar-refractivity contribution in [2.75, 3.05) is 4.90 Å².